The first-order valence-electron chi connectivity index (χ1n) is 9.03. The lowest BCUT2D eigenvalue weighted by molar-refractivity contribution is 0.0951. The first-order chi connectivity index (χ1) is 14.4. The van der Waals surface area contributed by atoms with E-state index in [4.69, 9.17) is 10.5 Å². The standard InChI is InChI=1S/C21H20N4O4S/c1-25(20(22)27)21(28)29-18-10-7-15(12-23-18)19(26)24-13-17-9-8-16(30-17)11-14-5-3-2-4-6-14/h2-10,12H,11,13H2,1H3,(H2,22,27)(H,24,26). The number of primary amides is 1. The minimum absolute atomic E-state index is 0.0477. The molecule has 3 aromatic rings. The van der Waals surface area contributed by atoms with Gasteiger partial charge in [-0.1, -0.05) is 30.3 Å². The van der Waals surface area contributed by atoms with Crippen molar-refractivity contribution in [3.05, 3.63) is 81.7 Å². The largest absolute Gasteiger partial charge is 0.424 e. The summed E-state index contributed by atoms with van der Waals surface area (Å²) < 4.78 is 4.90. The molecule has 0 bridgehead atoms. The third-order valence-corrected chi connectivity index (χ3v) is 5.24. The second-order valence-electron chi connectivity index (χ2n) is 6.36. The Morgan fingerprint density at radius 1 is 1.07 bits per heavy atom. The van der Waals surface area contributed by atoms with E-state index in [2.05, 4.69) is 28.5 Å². The SMILES string of the molecule is CN(C(N)=O)C(=O)Oc1ccc(C(=O)NCc2ccc(Cc3ccccc3)s2)cn1. The van der Waals surface area contributed by atoms with E-state index in [9.17, 15) is 14.4 Å². The van der Waals surface area contributed by atoms with E-state index in [1.165, 1.54) is 35.8 Å². The van der Waals surface area contributed by atoms with Gasteiger partial charge in [-0.05, 0) is 23.8 Å². The summed E-state index contributed by atoms with van der Waals surface area (Å²) in [5.41, 5.74) is 6.55. The van der Waals surface area contributed by atoms with Crippen molar-refractivity contribution in [1.82, 2.24) is 15.2 Å². The molecular weight excluding hydrogens is 404 g/mol. The number of urea groups is 1. The molecule has 0 atom stereocenters. The summed E-state index contributed by atoms with van der Waals surface area (Å²) in [6.07, 6.45) is 1.18. The number of nitrogens with one attached hydrogen (secondary N) is 1. The highest BCUT2D eigenvalue weighted by Gasteiger charge is 2.17. The highest BCUT2D eigenvalue weighted by Crippen LogP contribution is 2.20. The van der Waals surface area contributed by atoms with Gasteiger partial charge in [0.1, 0.15) is 0 Å². The lowest BCUT2D eigenvalue weighted by atomic mass is 10.1. The molecule has 2 heterocycles. The second kappa shape index (κ2) is 9.66. The van der Waals surface area contributed by atoms with E-state index in [0.29, 0.717) is 17.0 Å². The van der Waals surface area contributed by atoms with Gasteiger partial charge in [-0.15, -0.1) is 11.3 Å². The van der Waals surface area contributed by atoms with E-state index >= 15 is 0 Å². The highest BCUT2D eigenvalue weighted by molar-refractivity contribution is 7.12. The molecule has 8 nitrogen and oxygen atoms in total. The Morgan fingerprint density at radius 2 is 1.80 bits per heavy atom. The number of rotatable bonds is 6. The van der Waals surface area contributed by atoms with Gasteiger partial charge in [0.25, 0.3) is 5.91 Å². The lowest BCUT2D eigenvalue weighted by Crippen LogP contribution is -2.39. The molecular formula is C21H20N4O4S. The van der Waals surface area contributed by atoms with Crippen LogP contribution in [0.25, 0.3) is 0 Å². The first kappa shape index (κ1) is 21.0. The van der Waals surface area contributed by atoms with Gasteiger partial charge < -0.3 is 15.8 Å². The number of nitrogens with two attached hydrogens (primary N) is 1. The number of benzene rings is 1. The quantitative estimate of drug-likeness (QED) is 0.631. The number of nitrogens with zero attached hydrogens (tertiary/aromatic N) is 2. The Balaban J connectivity index is 1.51. The molecule has 0 saturated heterocycles. The van der Waals surface area contributed by atoms with Gasteiger partial charge >= 0.3 is 12.1 Å². The smallest absolute Gasteiger partial charge is 0.391 e. The van der Waals surface area contributed by atoms with E-state index in [-0.39, 0.29) is 11.8 Å². The van der Waals surface area contributed by atoms with Crippen LogP contribution in [0.5, 0.6) is 5.88 Å². The molecule has 0 radical (unpaired) electrons. The fourth-order valence-corrected chi connectivity index (χ4v) is 3.49. The number of amides is 4. The molecule has 0 aliphatic rings. The maximum Gasteiger partial charge on any atom is 0.424 e. The molecule has 0 saturated carbocycles. The third kappa shape index (κ3) is 5.65. The molecule has 3 rings (SSSR count). The zero-order chi connectivity index (χ0) is 21.5. The molecule has 0 aliphatic carbocycles. The zero-order valence-corrected chi connectivity index (χ0v) is 17.0. The first-order valence-corrected chi connectivity index (χ1v) is 9.85. The fraction of sp³-hybridized carbons (Fsp3) is 0.143. The Morgan fingerprint density at radius 3 is 2.47 bits per heavy atom. The van der Waals surface area contributed by atoms with E-state index < -0.39 is 12.1 Å². The molecule has 154 valence electrons. The second-order valence-corrected chi connectivity index (χ2v) is 7.62. The fourth-order valence-electron chi connectivity index (χ4n) is 2.50. The van der Waals surface area contributed by atoms with E-state index in [1.807, 2.05) is 24.3 Å². The molecule has 9 heteroatoms. The summed E-state index contributed by atoms with van der Waals surface area (Å²) >= 11 is 1.65. The van der Waals surface area contributed by atoms with Crippen LogP contribution in [-0.4, -0.2) is 35.0 Å². The molecule has 2 aromatic heterocycles. The molecule has 0 spiro atoms. The maximum absolute atomic E-state index is 12.3. The summed E-state index contributed by atoms with van der Waals surface area (Å²) in [5, 5.41) is 2.84. The van der Waals surface area contributed by atoms with Crippen LogP contribution in [0.2, 0.25) is 0 Å². The summed E-state index contributed by atoms with van der Waals surface area (Å²) in [4.78, 5) is 41.7. The van der Waals surface area contributed by atoms with Gasteiger partial charge in [0, 0.05) is 35.5 Å². The Hall–Kier alpha value is -3.72. The minimum Gasteiger partial charge on any atom is -0.391 e. The van der Waals surface area contributed by atoms with Crippen molar-refractivity contribution in [1.29, 1.82) is 0 Å². The van der Waals surface area contributed by atoms with Crippen molar-refractivity contribution in [2.75, 3.05) is 7.05 Å². The van der Waals surface area contributed by atoms with Crippen LogP contribution >= 0.6 is 11.3 Å². The van der Waals surface area contributed by atoms with E-state index in [0.717, 1.165) is 11.3 Å². The number of hydrogen-bond acceptors (Lipinski definition) is 6. The van der Waals surface area contributed by atoms with Gasteiger partial charge in [-0.3, -0.25) is 4.79 Å². The van der Waals surface area contributed by atoms with Crippen LogP contribution in [0.1, 0.15) is 25.7 Å². The molecule has 0 aliphatic heterocycles. The zero-order valence-electron chi connectivity index (χ0n) is 16.2. The van der Waals surface area contributed by atoms with Crippen molar-refractivity contribution in [2.24, 2.45) is 5.73 Å². The number of carbonyl (C=O) groups is 3. The Labute approximate surface area is 177 Å². The molecule has 0 fully saturated rings. The summed E-state index contributed by atoms with van der Waals surface area (Å²) in [6, 6.07) is 16.1. The average molecular weight is 424 g/mol. The molecule has 1 aromatic carbocycles. The number of aromatic nitrogens is 1. The summed E-state index contributed by atoms with van der Waals surface area (Å²) in [6.45, 7) is 0.401. The molecule has 3 N–H and O–H groups in total. The molecule has 0 unspecified atom stereocenters. The van der Waals surface area contributed by atoms with Crippen LogP contribution in [0, 0.1) is 0 Å². The van der Waals surface area contributed by atoms with Crippen molar-refractivity contribution in [3.8, 4) is 5.88 Å². The minimum atomic E-state index is -0.962. The Bertz CT molecular complexity index is 1030. The summed E-state index contributed by atoms with van der Waals surface area (Å²) in [7, 11) is 1.18. The predicted molar refractivity (Wildman–Crippen MR) is 112 cm³/mol. The maximum atomic E-state index is 12.3. The van der Waals surface area contributed by atoms with Gasteiger partial charge in [0.05, 0.1) is 12.1 Å². The van der Waals surface area contributed by atoms with Crippen molar-refractivity contribution in [3.63, 3.8) is 0 Å². The number of pyridine rings is 1. The lowest BCUT2D eigenvalue weighted by Gasteiger charge is -2.11. The van der Waals surface area contributed by atoms with Crippen molar-refractivity contribution >= 4 is 29.4 Å². The van der Waals surface area contributed by atoms with Gasteiger partial charge in [-0.2, -0.15) is 0 Å². The number of imide groups is 1. The van der Waals surface area contributed by atoms with Gasteiger partial charge in [0.2, 0.25) is 5.88 Å². The van der Waals surface area contributed by atoms with E-state index in [1.54, 1.807) is 11.3 Å². The predicted octanol–water partition coefficient (Wildman–Crippen LogP) is 3.17. The Kier molecular flexibility index (Phi) is 6.76. The van der Waals surface area contributed by atoms with Crippen LogP contribution < -0.4 is 15.8 Å². The number of ether oxygens (including phenoxy) is 1. The third-order valence-electron chi connectivity index (χ3n) is 4.16. The van der Waals surface area contributed by atoms with Crippen LogP contribution in [-0.2, 0) is 13.0 Å². The van der Waals surface area contributed by atoms with Crippen LogP contribution in [0.4, 0.5) is 9.59 Å². The number of hydrogen-bond donors (Lipinski definition) is 2. The normalized spacial score (nSPS) is 10.3. The van der Waals surface area contributed by atoms with Crippen molar-refractivity contribution in [2.45, 2.75) is 13.0 Å². The van der Waals surface area contributed by atoms with Crippen LogP contribution in [0.15, 0.2) is 60.8 Å². The number of thiophene rings is 1. The topological polar surface area (TPSA) is 115 Å². The van der Waals surface area contributed by atoms with Crippen LogP contribution in [0.3, 0.4) is 0 Å². The number of carbonyl (C=O) groups excluding carboxylic acids is 3. The molecule has 30 heavy (non-hydrogen) atoms. The van der Waals surface area contributed by atoms with Crippen molar-refractivity contribution < 1.29 is 19.1 Å². The summed E-state index contributed by atoms with van der Waals surface area (Å²) in [5.74, 6) is -0.346. The monoisotopic (exact) mass is 424 g/mol. The van der Waals surface area contributed by atoms with Gasteiger partial charge in [-0.25, -0.2) is 19.5 Å². The average Bonchev–Trinajstić information content (AvgIpc) is 3.19. The van der Waals surface area contributed by atoms with Gasteiger partial charge in [0.15, 0.2) is 0 Å². The highest BCUT2D eigenvalue weighted by atomic mass is 32.1. The molecule has 4 amide bonds.